The molecule has 0 aliphatic heterocycles. The summed E-state index contributed by atoms with van der Waals surface area (Å²) in [5.74, 6) is 1.46. The van der Waals surface area contributed by atoms with Gasteiger partial charge in [-0.3, -0.25) is 4.79 Å². The Kier molecular flexibility index (Phi) is 6.52. The number of ether oxygens (including phenoxy) is 1. The van der Waals surface area contributed by atoms with Crippen molar-refractivity contribution >= 4 is 5.91 Å². The largest absolute Gasteiger partial charge is 0.370 e. The SMILES string of the molecule is CCC1CCC(CNC(=O)C(CN)OC)CC1. The number of nitrogens with one attached hydrogen (secondary N) is 1. The molecule has 1 atom stereocenters. The van der Waals surface area contributed by atoms with Crippen molar-refractivity contribution in [3.05, 3.63) is 0 Å². The van der Waals surface area contributed by atoms with Gasteiger partial charge in [-0.1, -0.05) is 26.2 Å². The molecule has 4 heteroatoms. The van der Waals surface area contributed by atoms with Crippen LogP contribution in [0.25, 0.3) is 0 Å². The molecule has 0 radical (unpaired) electrons. The van der Waals surface area contributed by atoms with Crippen LogP contribution in [0.5, 0.6) is 0 Å². The quantitative estimate of drug-likeness (QED) is 0.737. The minimum absolute atomic E-state index is 0.0763. The van der Waals surface area contributed by atoms with Crippen molar-refractivity contribution in [2.45, 2.75) is 45.1 Å². The molecule has 3 N–H and O–H groups in total. The minimum atomic E-state index is -0.498. The molecule has 0 aromatic heterocycles. The van der Waals surface area contributed by atoms with E-state index in [-0.39, 0.29) is 12.5 Å². The molecule has 0 aromatic carbocycles. The van der Waals surface area contributed by atoms with E-state index < -0.39 is 6.10 Å². The van der Waals surface area contributed by atoms with Crippen LogP contribution < -0.4 is 11.1 Å². The van der Waals surface area contributed by atoms with Crippen LogP contribution in [0.3, 0.4) is 0 Å². The predicted octanol–water partition coefficient (Wildman–Crippen LogP) is 1.29. The van der Waals surface area contributed by atoms with E-state index in [0.29, 0.717) is 5.92 Å². The van der Waals surface area contributed by atoms with Crippen molar-refractivity contribution in [1.29, 1.82) is 0 Å². The zero-order chi connectivity index (χ0) is 12.7. The van der Waals surface area contributed by atoms with E-state index in [4.69, 9.17) is 10.5 Å². The number of nitrogens with two attached hydrogens (primary N) is 1. The first-order valence-corrected chi connectivity index (χ1v) is 6.71. The monoisotopic (exact) mass is 242 g/mol. The molecule has 1 saturated carbocycles. The number of rotatable bonds is 6. The Hall–Kier alpha value is -0.610. The van der Waals surface area contributed by atoms with E-state index in [9.17, 15) is 4.79 Å². The average molecular weight is 242 g/mol. The van der Waals surface area contributed by atoms with Crippen LogP contribution >= 0.6 is 0 Å². The van der Waals surface area contributed by atoms with Crippen LogP contribution in [-0.4, -0.2) is 32.2 Å². The minimum Gasteiger partial charge on any atom is -0.370 e. The van der Waals surface area contributed by atoms with Gasteiger partial charge in [-0.05, 0) is 24.7 Å². The maximum absolute atomic E-state index is 11.7. The topological polar surface area (TPSA) is 64.4 Å². The first-order valence-electron chi connectivity index (χ1n) is 6.71. The van der Waals surface area contributed by atoms with Crippen molar-refractivity contribution in [1.82, 2.24) is 5.32 Å². The summed E-state index contributed by atoms with van der Waals surface area (Å²) in [5.41, 5.74) is 5.44. The number of hydrogen-bond acceptors (Lipinski definition) is 3. The van der Waals surface area contributed by atoms with E-state index in [1.807, 2.05) is 0 Å². The van der Waals surface area contributed by atoms with Crippen molar-refractivity contribution in [2.24, 2.45) is 17.6 Å². The van der Waals surface area contributed by atoms with Gasteiger partial charge in [-0.25, -0.2) is 0 Å². The van der Waals surface area contributed by atoms with E-state index >= 15 is 0 Å². The highest BCUT2D eigenvalue weighted by atomic mass is 16.5. The average Bonchev–Trinajstić information content (AvgIpc) is 2.38. The second-order valence-electron chi connectivity index (χ2n) is 5.00. The van der Waals surface area contributed by atoms with Gasteiger partial charge >= 0.3 is 0 Å². The molecule has 0 bridgehead atoms. The zero-order valence-electron chi connectivity index (χ0n) is 11.1. The Morgan fingerprint density at radius 2 is 1.94 bits per heavy atom. The number of hydrogen-bond donors (Lipinski definition) is 2. The van der Waals surface area contributed by atoms with Gasteiger partial charge in [0.15, 0.2) is 0 Å². The Bertz CT molecular complexity index is 221. The Balaban J connectivity index is 2.21. The Morgan fingerprint density at radius 3 is 2.41 bits per heavy atom. The van der Waals surface area contributed by atoms with Gasteiger partial charge in [0.1, 0.15) is 6.10 Å². The van der Waals surface area contributed by atoms with Crippen LogP contribution in [0.2, 0.25) is 0 Å². The molecule has 1 aliphatic rings. The molecule has 0 saturated heterocycles. The van der Waals surface area contributed by atoms with Gasteiger partial charge in [0, 0.05) is 20.2 Å². The third-order valence-electron chi connectivity index (χ3n) is 3.90. The fourth-order valence-corrected chi connectivity index (χ4v) is 2.51. The summed E-state index contributed by atoms with van der Waals surface area (Å²) in [6.45, 7) is 3.28. The molecule has 1 unspecified atom stereocenters. The maximum Gasteiger partial charge on any atom is 0.250 e. The van der Waals surface area contributed by atoms with Crippen molar-refractivity contribution in [3.8, 4) is 0 Å². The molecule has 4 nitrogen and oxygen atoms in total. The molecule has 1 rings (SSSR count). The molecule has 0 spiro atoms. The number of carbonyl (C=O) groups excluding carboxylic acids is 1. The lowest BCUT2D eigenvalue weighted by Crippen LogP contribution is -2.42. The van der Waals surface area contributed by atoms with Gasteiger partial charge in [-0.15, -0.1) is 0 Å². The van der Waals surface area contributed by atoms with Crippen molar-refractivity contribution in [3.63, 3.8) is 0 Å². The van der Waals surface area contributed by atoms with Crippen LogP contribution in [0.1, 0.15) is 39.0 Å². The predicted molar refractivity (Wildman–Crippen MR) is 68.6 cm³/mol. The number of carbonyl (C=O) groups is 1. The molecule has 1 amide bonds. The maximum atomic E-state index is 11.7. The van der Waals surface area contributed by atoms with Crippen molar-refractivity contribution < 1.29 is 9.53 Å². The smallest absolute Gasteiger partial charge is 0.250 e. The highest BCUT2D eigenvalue weighted by Gasteiger charge is 2.22. The molecule has 100 valence electrons. The van der Waals surface area contributed by atoms with Gasteiger partial charge in [0.25, 0.3) is 0 Å². The third kappa shape index (κ3) is 4.64. The highest BCUT2D eigenvalue weighted by molar-refractivity contribution is 5.80. The summed E-state index contributed by atoms with van der Waals surface area (Å²) in [7, 11) is 1.52. The standard InChI is InChI=1S/C13H26N2O2/c1-3-10-4-6-11(7-5-10)9-15-13(16)12(8-14)17-2/h10-12H,3-9,14H2,1-2H3,(H,15,16). The first kappa shape index (κ1) is 14.5. The van der Waals surface area contributed by atoms with Gasteiger partial charge in [0.2, 0.25) is 5.91 Å². The molecule has 1 aliphatic carbocycles. The lowest BCUT2D eigenvalue weighted by Gasteiger charge is -2.28. The van der Waals surface area contributed by atoms with E-state index in [0.717, 1.165) is 12.5 Å². The lowest BCUT2D eigenvalue weighted by molar-refractivity contribution is -0.130. The van der Waals surface area contributed by atoms with Crippen LogP contribution in [-0.2, 0) is 9.53 Å². The van der Waals surface area contributed by atoms with Gasteiger partial charge < -0.3 is 15.8 Å². The van der Waals surface area contributed by atoms with E-state index in [1.54, 1.807) is 0 Å². The molecular weight excluding hydrogens is 216 g/mol. The van der Waals surface area contributed by atoms with Crippen LogP contribution in [0.15, 0.2) is 0 Å². The Morgan fingerprint density at radius 1 is 1.35 bits per heavy atom. The van der Waals surface area contributed by atoms with E-state index in [1.165, 1.54) is 39.2 Å². The summed E-state index contributed by atoms with van der Waals surface area (Å²) >= 11 is 0. The second-order valence-corrected chi connectivity index (χ2v) is 5.00. The molecule has 1 fully saturated rings. The first-order chi connectivity index (χ1) is 8.21. The van der Waals surface area contributed by atoms with Crippen LogP contribution in [0, 0.1) is 11.8 Å². The summed E-state index contributed by atoms with van der Waals surface area (Å²) in [6.07, 6.45) is 5.88. The molecule has 0 aromatic rings. The molecule has 17 heavy (non-hydrogen) atoms. The summed E-state index contributed by atoms with van der Waals surface area (Å²) < 4.78 is 5.00. The lowest BCUT2D eigenvalue weighted by atomic mass is 9.81. The summed E-state index contributed by atoms with van der Waals surface area (Å²) in [5, 5.41) is 2.94. The van der Waals surface area contributed by atoms with Crippen molar-refractivity contribution in [2.75, 3.05) is 20.2 Å². The zero-order valence-corrected chi connectivity index (χ0v) is 11.1. The number of methoxy groups -OCH3 is 1. The highest BCUT2D eigenvalue weighted by Crippen LogP contribution is 2.30. The summed E-state index contributed by atoms with van der Waals surface area (Å²) in [6, 6.07) is 0. The number of amides is 1. The molecular formula is C13H26N2O2. The molecule has 0 heterocycles. The fourth-order valence-electron chi connectivity index (χ4n) is 2.51. The second kappa shape index (κ2) is 7.67. The van der Waals surface area contributed by atoms with Gasteiger partial charge in [-0.2, -0.15) is 0 Å². The van der Waals surface area contributed by atoms with E-state index in [2.05, 4.69) is 12.2 Å². The summed E-state index contributed by atoms with van der Waals surface area (Å²) in [4.78, 5) is 11.7. The van der Waals surface area contributed by atoms with Gasteiger partial charge in [0.05, 0.1) is 0 Å². The Labute approximate surface area is 104 Å². The fraction of sp³-hybridized carbons (Fsp3) is 0.923. The third-order valence-corrected chi connectivity index (χ3v) is 3.90. The normalized spacial score (nSPS) is 26.5. The van der Waals surface area contributed by atoms with Crippen LogP contribution in [0.4, 0.5) is 0 Å².